The van der Waals surface area contributed by atoms with E-state index in [0.717, 1.165) is 70.1 Å². The lowest BCUT2D eigenvalue weighted by molar-refractivity contribution is -0.140. The Balaban J connectivity index is 0.801. The summed E-state index contributed by atoms with van der Waals surface area (Å²) in [6.45, 7) is 8.80. The van der Waals surface area contributed by atoms with Gasteiger partial charge in [-0.3, -0.25) is 9.59 Å². The lowest BCUT2D eigenvalue weighted by Crippen LogP contribution is -2.61. The van der Waals surface area contributed by atoms with Gasteiger partial charge in [-0.15, -0.1) is 32.9 Å². The molecule has 2 atom stereocenters. The highest BCUT2D eigenvalue weighted by atomic mass is 32.1. The molecule has 11 nitrogen and oxygen atoms in total. The number of aromatic nitrogens is 4. The minimum absolute atomic E-state index is 0.0334. The van der Waals surface area contributed by atoms with E-state index in [2.05, 4.69) is 48.8 Å². The van der Waals surface area contributed by atoms with Crippen molar-refractivity contribution < 1.29 is 19.2 Å². The van der Waals surface area contributed by atoms with Gasteiger partial charge < -0.3 is 24.7 Å². The predicted molar refractivity (Wildman–Crippen MR) is 214 cm³/mol. The van der Waals surface area contributed by atoms with Gasteiger partial charge in [-0.05, 0) is 79.8 Å². The molecule has 6 heterocycles. The van der Waals surface area contributed by atoms with Crippen LogP contribution in [0.5, 0.6) is 5.75 Å². The molecular formula is C42H43N7O4S2. The maximum Gasteiger partial charge on any atom is 0.243 e. The average Bonchev–Trinajstić information content (AvgIpc) is 3.97. The van der Waals surface area contributed by atoms with Crippen LogP contribution >= 0.6 is 22.7 Å². The molecule has 2 unspecified atom stereocenters. The fourth-order valence-corrected chi connectivity index (χ4v) is 10.6. The number of phenols is 1. The standard InChI is InChI=1S/C42H43N7O4S2/c1-24(2)37(41(52)49-14-6-8-32(49)39(51)43-20-26-10-12-27(13-11-26)38-25(3)44-23-54-38)34-17-36(47-53-34)48-21-42(22-48)18-29(19-42)35-16-28-15-31(45-46-40(28)55-35)30-7-4-5-9-33(30)50/h4-5,7,9-13,15-17,23-24,29,32,37,50H,6,8,14,18-22H2,1-3H3,(H,43,51). The second kappa shape index (κ2) is 14.2. The zero-order valence-electron chi connectivity index (χ0n) is 31.1. The van der Waals surface area contributed by atoms with E-state index in [9.17, 15) is 14.7 Å². The van der Waals surface area contributed by atoms with Gasteiger partial charge in [0.15, 0.2) is 11.6 Å². The monoisotopic (exact) mass is 773 g/mol. The number of rotatable bonds is 10. The highest BCUT2D eigenvalue weighted by molar-refractivity contribution is 7.18. The number of benzene rings is 2. The maximum absolute atomic E-state index is 14.1. The number of thiophene rings is 1. The van der Waals surface area contributed by atoms with Crippen LogP contribution in [-0.2, 0) is 16.1 Å². The van der Waals surface area contributed by atoms with Crippen LogP contribution in [0.3, 0.4) is 0 Å². The van der Waals surface area contributed by atoms with Crippen LogP contribution in [0.25, 0.3) is 31.9 Å². The second-order valence-corrected chi connectivity index (χ2v) is 17.7. The first-order valence-corrected chi connectivity index (χ1v) is 20.7. The molecule has 1 aliphatic carbocycles. The Morgan fingerprint density at radius 3 is 2.60 bits per heavy atom. The average molecular weight is 774 g/mol. The molecule has 2 aromatic carbocycles. The number of anilines is 1. The van der Waals surface area contributed by atoms with Gasteiger partial charge in [-0.2, -0.15) is 0 Å². The molecule has 9 rings (SSSR count). The third kappa shape index (κ3) is 6.67. The summed E-state index contributed by atoms with van der Waals surface area (Å²) in [7, 11) is 0. The van der Waals surface area contributed by atoms with Crippen molar-refractivity contribution in [2.24, 2.45) is 11.3 Å². The van der Waals surface area contributed by atoms with E-state index < -0.39 is 12.0 Å². The summed E-state index contributed by atoms with van der Waals surface area (Å²) in [5, 5.41) is 27.7. The molecular weight excluding hydrogens is 731 g/mol. The number of nitrogens with zero attached hydrogens (tertiary/aromatic N) is 6. The van der Waals surface area contributed by atoms with Gasteiger partial charge in [0.05, 0.1) is 21.8 Å². The van der Waals surface area contributed by atoms with E-state index in [1.165, 1.54) is 4.88 Å². The number of fused-ring (bicyclic) bond motifs is 1. The number of hydrogen-bond donors (Lipinski definition) is 2. The molecule has 2 N–H and O–H groups in total. The molecule has 6 aromatic rings. The molecule has 282 valence electrons. The second-order valence-electron chi connectivity index (χ2n) is 15.8. The Labute approximate surface area is 327 Å². The summed E-state index contributed by atoms with van der Waals surface area (Å²) in [6, 6.07) is 21.1. The highest BCUT2D eigenvalue weighted by Gasteiger charge is 2.54. The van der Waals surface area contributed by atoms with Gasteiger partial charge in [-0.25, -0.2) is 4.98 Å². The van der Waals surface area contributed by atoms with E-state index in [0.29, 0.717) is 42.4 Å². The first kappa shape index (κ1) is 35.6. The Hall–Kier alpha value is -5.14. The number of carbonyl (C=O) groups is 2. The normalized spacial score (nSPS) is 18.5. The fourth-order valence-electron chi connectivity index (χ4n) is 8.72. The van der Waals surface area contributed by atoms with Crippen molar-refractivity contribution in [1.82, 2.24) is 30.6 Å². The van der Waals surface area contributed by atoms with E-state index in [-0.39, 0.29) is 28.9 Å². The molecule has 0 radical (unpaired) electrons. The molecule has 55 heavy (non-hydrogen) atoms. The summed E-state index contributed by atoms with van der Waals surface area (Å²) in [5.74, 6) is 1.24. The van der Waals surface area contributed by atoms with Gasteiger partial charge in [0, 0.05) is 53.5 Å². The Bertz CT molecular complexity index is 2370. The van der Waals surface area contributed by atoms with Crippen molar-refractivity contribution in [3.8, 4) is 27.4 Å². The Kier molecular flexibility index (Phi) is 9.16. The topological polar surface area (TPSA) is 138 Å². The van der Waals surface area contributed by atoms with E-state index in [1.54, 1.807) is 39.7 Å². The number of carbonyl (C=O) groups excluding carboxylic acids is 2. The minimum Gasteiger partial charge on any atom is -0.507 e. The van der Waals surface area contributed by atoms with E-state index >= 15 is 0 Å². The van der Waals surface area contributed by atoms with Crippen LogP contribution in [0.1, 0.15) is 73.3 Å². The summed E-state index contributed by atoms with van der Waals surface area (Å²) >= 11 is 3.33. The number of nitrogens with one attached hydrogen (secondary N) is 1. The summed E-state index contributed by atoms with van der Waals surface area (Å²) in [4.78, 5) is 39.3. The smallest absolute Gasteiger partial charge is 0.243 e. The third-order valence-electron chi connectivity index (χ3n) is 11.6. The maximum atomic E-state index is 14.1. The van der Waals surface area contributed by atoms with Crippen LogP contribution < -0.4 is 10.2 Å². The number of aromatic hydroxyl groups is 1. The summed E-state index contributed by atoms with van der Waals surface area (Å²) < 4.78 is 5.89. The van der Waals surface area contributed by atoms with Crippen molar-refractivity contribution in [1.29, 1.82) is 0 Å². The number of hydrogen-bond acceptors (Lipinski definition) is 11. The molecule has 13 heteroatoms. The molecule has 3 aliphatic rings. The fraction of sp³-hybridized carbons (Fsp3) is 0.381. The molecule has 1 spiro atoms. The lowest BCUT2D eigenvalue weighted by atomic mass is 9.57. The van der Waals surface area contributed by atoms with Crippen molar-refractivity contribution in [2.75, 3.05) is 24.5 Å². The number of thiazole rings is 1. The van der Waals surface area contributed by atoms with Crippen LogP contribution in [0, 0.1) is 18.3 Å². The zero-order valence-corrected chi connectivity index (χ0v) is 32.7. The molecule has 1 saturated carbocycles. The Morgan fingerprint density at radius 2 is 1.85 bits per heavy atom. The number of likely N-dealkylation sites (tertiary alicyclic amines) is 1. The van der Waals surface area contributed by atoms with Crippen molar-refractivity contribution in [3.05, 3.63) is 94.1 Å². The summed E-state index contributed by atoms with van der Waals surface area (Å²) in [5.41, 5.74) is 6.59. The van der Waals surface area contributed by atoms with Gasteiger partial charge in [0.2, 0.25) is 11.8 Å². The van der Waals surface area contributed by atoms with E-state index in [1.807, 2.05) is 62.7 Å². The first-order chi connectivity index (χ1) is 26.6. The predicted octanol–water partition coefficient (Wildman–Crippen LogP) is 7.91. The van der Waals surface area contributed by atoms with Gasteiger partial charge in [-0.1, -0.05) is 55.4 Å². The summed E-state index contributed by atoms with van der Waals surface area (Å²) in [6.07, 6.45) is 3.62. The van der Waals surface area contributed by atoms with Crippen LogP contribution in [-0.4, -0.2) is 67.8 Å². The first-order valence-electron chi connectivity index (χ1n) is 19.0. The minimum atomic E-state index is -0.525. The third-order valence-corrected chi connectivity index (χ3v) is 13.8. The van der Waals surface area contributed by atoms with Gasteiger partial charge in [0.25, 0.3) is 0 Å². The molecule has 2 amide bonds. The van der Waals surface area contributed by atoms with Gasteiger partial charge in [0.1, 0.15) is 22.5 Å². The van der Waals surface area contributed by atoms with Crippen LogP contribution in [0.15, 0.2) is 76.8 Å². The number of phenolic OH excluding ortho intramolecular Hbond substituents is 1. The lowest BCUT2D eigenvalue weighted by Gasteiger charge is -2.59. The van der Waals surface area contributed by atoms with E-state index in [4.69, 9.17) is 4.52 Å². The van der Waals surface area contributed by atoms with Crippen molar-refractivity contribution in [3.63, 3.8) is 0 Å². The van der Waals surface area contributed by atoms with Gasteiger partial charge >= 0.3 is 0 Å². The number of aryl methyl sites for hydroxylation is 1. The molecule has 0 bridgehead atoms. The zero-order chi connectivity index (χ0) is 37.8. The quantitative estimate of drug-likeness (QED) is 0.142. The number of para-hydroxylation sites is 1. The molecule has 2 saturated heterocycles. The van der Waals surface area contributed by atoms with Crippen molar-refractivity contribution in [2.45, 2.75) is 70.9 Å². The highest BCUT2D eigenvalue weighted by Crippen LogP contribution is 2.58. The number of amides is 2. The Morgan fingerprint density at radius 1 is 1.05 bits per heavy atom. The van der Waals surface area contributed by atoms with Crippen LogP contribution in [0.4, 0.5) is 5.82 Å². The largest absolute Gasteiger partial charge is 0.507 e. The van der Waals surface area contributed by atoms with Crippen LogP contribution in [0.2, 0.25) is 0 Å². The molecule has 3 fully saturated rings. The molecule has 4 aromatic heterocycles. The molecule has 2 aliphatic heterocycles. The SMILES string of the molecule is Cc1ncsc1-c1ccc(CNC(=O)C2CCCN2C(=O)C(c2cc(N3CC4(CC(c5cc6cc(-c7ccccc7O)nnc6s5)C4)C3)no2)C(C)C)cc1. The van der Waals surface area contributed by atoms with Crippen molar-refractivity contribution >= 4 is 50.5 Å².